The Labute approximate surface area is 104 Å². The normalized spacial score (nSPS) is 21.7. The van der Waals surface area contributed by atoms with E-state index in [4.69, 9.17) is 0 Å². The number of hydrogen-bond donors (Lipinski definition) is 1. The van der Waals surface area contributed by atoms with Crippen LogP contribution in [0.1, 0.15) is 16.8 Å². The number of nitrogens with zero attached hydrogens (tertiary/aromatic N) is 2. The molecule has 1 atom stereocenters. The summed E-state index contributed by atoms with van der Waals surface area (Å²) in [4.78, 5) is 30.8. The molecular weight excluding hydrogens is 258 g/mol. The summed E-state index contributed by atoms with van der Waals surface area (Å²) in [6.45, 7) is 0. The van der Waals surface area contributed by atoms with Crippen molar-refractivity contribution in [2.45, 2.75) is 12.5 Å². The van der Waals surface area contributed by atoms with Gasteiger partial charge < -0.3 is 9.88 Å². The highest BCUT2D eigenvalue weighted by Crippen LogP contribution is 2.17. The summed E-state index contributed by atoms with van der Waals surface area (Å²) < 4.78 is 22.7. The zero-order chi connectivity index (χ0) is 13.3. The fourth-order valence-electron chi connectivity index (χ4n) is 1.93. The molecular formula is C10H13N3O4S. The molecule has 1 aromatic heterocycles. The van der Waals surface area contributed by atoms with E-state index in [0.717, 1.165) is 0 Å². The van der Waals surface area contributed by atoms with Crippen molar-refractivity contribution in [3.05, 3.63) is 28.4 Å². The Bertz CT molecular complexity index is 622. The summed E-state index contributed by atoms with van der Waals surface area (Å²) in [6, 6.07) is -0.373. The summed E-state index contributed by atoms with van der Waals surface area (Å²) in [5.41, 5.74) is -0.605. The van der Waals surface area contributed by atoms with E-state index in [2.05, 4.69) is 9.97 Å². The Morgan fingerprint density at radius 3 is 2.83 bits per heavy atom. The summed E-state index contributed by atoms with van der Waals surface area (Å²) in [7, 11) is -1.56. The molecule has 0 bridgehead atoms. The van der Waals surface area contributed by atoms with Gasteiger partial charge in [-0.05, 0) is 6.42 Å². The molecule has 1 aliphatic rings. The van der Waals surface area contributed by atoms with Crippen LogP contribution in [0, 0.1) is 0 Å². The molecule has 1 saturated heterocycles. The fourth-order valence-corrected chi connectivity index (χ4v) is 3.71. The average molecular weight is 271 g/mol. The van der Waals surface area contributed by atoms with Crippen LogP contribution < -0.4 is 5.56 Å². The van der Waals surface area contributed by atoms with Gasteiger partial charge in [-0.15, -0.1) is 0 Å². The highest BCUT2D eigenvalue weighted by atomic mass is 32.2. The van der Waals surface area contributed by atoms with Gasteiger partial charge in [-0.1, -0.05) is 0 Å². The number of rotatable bonds is 2. The van der Waals surface area contributed by atoms with Gasteiger partial charge in [-0.3, -0.25) is 9.59 Å². The highest BCUT2D eigenvalue weighted by Gasteiger charge is 2.33. The first-order valence-electron chi connectivity index (χ1n) is 5.41. The predicted octanol–water partition coefficient (Wildman–Crippen LogP) is -0.971. The average Bonchev–Trinajstić information content (AvgIpc) is 2.68. The summed E-state index contributed by atoms with van der Waals surface area (Å²) in [6.07, 6.45) is 2.78. The zero-order valence-corrected chi connectivity index (χ0v) is 10.6. The quantitative estimate of drug-likeness (QED) is 0.746. The van der Waals surface area contributed by atoms with Crippen molar-refractivity contribution >= 4 is 15.7 Å². The molecule has 18 heavy (non-hydrogen) atoms. The van der Waals surface area contributed by atoms with E-state index in [1.807, 2.05) is 0 Å². The van der Waals surface area contributed by atoms with Gasteiger partial charge in [0.25, 0.3) is 11.5 Å². The molecule has 8 heteroatoms. The molecule has 98 valence electrons. The van der Waals surface area contributed by atoms with Crippen molar-refractivity contribution in [1.82, 2.24) is 14.9 Å². The fraction of sp³-hybridized carbons (Fsp3) is 0.500. The third kappa shape index (κ3) is 2.42. The van der Waals surface area contributed by atoms with Crippen LogP contribution in [0.4, 0.5) is 0 Å². The van der Waals surface area contributed by atoms with Gasteiger partial charge in [0, 0.05) is 19.3 Å². The minimum Gasteiger partial charge on any atom is -0.337 e. The number of aromatic amines is 1. The van der Waals surface area contributed by atoms with Gasteiger partial charge in [-0.2, -0.15) is 0 Å². The number of hydrogen-bond acceptors (Lipinski definition) is 5. The molecule has 0 spiro atoms. The van der Waals surface area contributed by atoms with E-state index in [9.17, 15) is 18.0 Å². The second kappa shape index (κ2) is 4.52. The first-order valence-corrected chi connectivity index (χ1v) is 7.23. The lowest BCUT2D eigenvalue weighted by molar-refractivity contribution is 0.0745. The number of aromatic nitrogens is 2. The highest BCUT2D eigenvalue weighted by molar-refractivity contribution is 7.91. The van der Waals surface area contributed by atoms with Crippen LogP contribution in [-0.4, -0.2) is 53.8 Å². The maximum atomic E-state index is 12.0. The van der Waals surface area contributed by atoms with Gasteiger partial charge in [-0.25, -0.2) is 13.4 Å². The first-order chi connectivity index (χ1) is 8.41. The largest absolute Gasteiger partial charge is 0.337 e. The third-order valence-corrected chi connectivity index (χ3v) is 4.78. The van der Waals surface area contributed by atoms with Gasteiger partial charge in [0.05, 0.1) is 17.8 Å². The third-order valence-electron chi connectivity index (χ3n) is 3.03. The molecule has 1 N–H and O–H groups in total. The van der Waals surface area contributed by atoms with Crippen molar-refractivity contribution in [2.24, 2.45) is 0 Å². The minimum absolute atomic E-state index is 0.0482. The molecule has 0 aliphatic carbocycles. The van der Waals surface area contributed by atoms with E-state index >= 15 is 0 Å². The van der Waals surface area contributed by atoms with Crippen LogP contribution in [0.15, 0.2) is 17.3 Å². The van der Waals surface area contributed by atoms with E-state index in [1.165, 1.54) is 24.5 Å². The molecule has 1 amide bonds. The lowest BCUT2D eigenvalue weighted by Crippen LogP contribution is -2.40. The molecule has 1 aliphatic heterocycles. The van der Waals surface area contributed by atoms with Gasteiger partial charge in [0.1, 0.15) is 5.56 Å². The first kappa shape index (κ1) is 12.7. The maximum Gasteiger partial charge on any atom is 0.263 e. The monoisotopic (exact) mass is 271 g/mol. The molecule has 2 heterocycles. The standard InChI is InChI=1S/C10H13N3O4S/c1-13(7-2-3-18(16,17)5-7)10(15)8-4-11-6-12-9(8)14/h4,6-7H,2-3,5H2,1H3,(H,11,12,14). The molecule has 0 saturated carbocycles. The second-order valence-corrected chi connectivity index (χ2v) is 6.50. The Kier molecular flexibility index (Phi) is 3.20. The van der Waals surface area contributed by atoms with Crippen LogP contribution in [-0.2, 0) is 9.84 Å². The smallest absolute Gasteiger partial charge is 0.263 e. The number of sulfone groups is 1. The van der Waals surface area contributed by atoms with Crippen molar-refractivity contribution < 1.29 is 13.2 Å². The number of nitrogens with one attached hydrogen (secondary N) is 1. The number of amides is 1. The Hall–Kier alpha value is -1.70. The lowest BCUT2D eigenvalue weighted by Gasteiger charge is -2.22. The molecule has 2 rings (SSSR count). The molecule has 0 aromatic carbocycles. The summed E-state index contributed by atoms with van der Waals surface area (Å²) in [5.74, 6) is -0.474. The van der Waals surface area contributed by atoms with Gasteiger partial charge in [0.15, 0.2) is 9.84 Å². The molecule has 7 nitrogen and oxygen atoms in total. The van der Waals surface area contributed by atoms with Crippen molar-refractivity contribution in [3.63, 3.8) is 0 Å². The van der Waals surface area contributed by atoms with E-state index in [1.54, 1.807) is 0 Å². The van der Waals surface area contributed by atoms with E-state index in [-0.39, 0.29) is 23.1 Å². The summed E-state index contributed by atoms with van der Waals surface area (Å²) >= 11 is 0. The molecule has 1 fully saturated rings. The topological polar surface area (TPSA) is 100 Å². The van der Waals surface area contributed by atoms with Crippen LogP contribution in [0.3, 0.4) is 0 Å². The minimum atomic E-state index is -3.06. The SMILES string of the molecule is CN(C(=O)c1cnc[nH]c1=O)C1CCS(=O)(=O)C1. The second-order valence-electron chi connectivity index (χ2n) is 4.27. The van der Waals surface area contributed by atoms with Crippen molar-refractivity contribution in [1.29, 1.82) is 0 Å². The number of carbonyl (C=O) groups is 1. The lowest BCUT2D eigenvalue weighted by atomic mass is 10.2. The Morgan fingerprint density at radius 2 is 2.28 bits per heavy atom. The molecule has 1 unspecified atom stereocenters. The molecule has 1 aromatic rings. The van der Waals surface area contributed by atoms with Crippen LogP contribution in [0.25, 0.3) is 0 Å². The Balaban J connectivity index is 2.21. The predicted molar refractivity (Wildman–Crippen MR) is 64.0 cm³/mol. The maximum absolute atomic E-state index is 12.0. The van der Waals surface area contributed by atoms with Crippen LogP contribution in [0.2, 0.25) is 0 Å². The number of carbonyl (C=O) groups excluding carboxylic acids is 1. The van der Waals surface area contributed by atoms with Crippen LogP contribution in [0.5, 0.6) is 0 Å². The van der Waals surface area contributed by atoms with Crippen molar-refractivity contribution in [2.75, 3.05) is 18.6 Å². The van der Waals surface area contributed by atoms with E-state index in [0.29, 0.717) is 6.42 Å². The van der Waals surface area contributed by atoms with Gasteiger partial charge in [0.2, 0.25) is 0 Å². The molecule has 0 radical (unpaired) electrons. The summed E-state index contributed by atoms with van der Waals surface area (Å²) in [5, 5.41) is 0. The van der Waals surface area contributed by atoms with Crippen molar-refractivity contribution in [3.8, 4) is 0 Å². The van der Waals surface area contributed by atoms with E-state index < -0.39 is 21.3 Å². The Morgan fingerprint density at radius 1 is 1.56 bits per heavy atom. The number of H-pyrrole nitrogens is 1. The van der Waals surface area contributed by atoms with Gasteiger partial charge >= 0.3 is 0 Å². The zero-order valence-electron chi connectivity index (χ0n) is 9.79. The van der Waals surface area contributed by atoms with Crippen LogP contribution >= 0.6 is 0 Å².